The van der Waals surface area contributed by atoms with Gasteiger partial charge < -0.3 is 46.0 Å². The number of phosphoric ester groups is 1. The maximum Gasteiger partial charge on any atom is 0.472 e. The van der Waals surface area contributed by atoms with Crippen molar-refractivity contribution in [1.82, 2.24) is 5.32 Å². The van der Waals surface area contributed by atoms with Crippen LogP contribution in [0.4, 0.5) is 0 Å². The van der Waals surface area contributed by atoms with E-state index in [9.17, 15) is 50.0 Å². The molecule has 8 atom stereocenters. The third-order valence-electron chi connectivity index (χ3n) is 11.9. The van der Waals surface area contributed by atoms with Crippen molar-refractivity contribution >= 4 is 13.7 Å². The number of hydrogen-bond acceptors (Lipinski definition) is 11. The third-order valence-corrected chi connectivity index (χ3v) is 12.9. The Kier molecular flexibility index (Phi) is 34.6. The number of aliphatic hydroxyl groups is 7. The molecule has 0 bridgehead atoms. The van der Waals surface area contributed by atoms with Gasteiger partial charge in [0.2, 0.25) is 5.91 Å². The molecular formula is C46H90NO12P. The van der Waals surface area contributed by atoms with Gasteiger partial charge in [0.05, 0.1) is 31.3 Å². The van der Waals surface area contributed by atoms with Gasteiger partial charge in [-0.25, -0.2) is 4.57 Å². The average molecular weight is 880 g/mol. The number of unbranched alkanes of at least 4 members (excludes halogenated alkanes) is 25. The van der Waals surface area contributed by atoms with Gasteiger partial charge in [-0.3, -0.25) is 13.8 Å². The van der Waals surface area contributed by atoms with Crippen LogP contribution in [0.25, 0.3) is 0 Å². The molecule has 1 amide bonds. The molecule has 0 spiro atoms. The molecule has 13 nitrogen and oxygen atoms in total. The maximum atomic E-state index is 13.0. The van der Waals surface area contributed by atoms with E-state index < -0.39 is 75.2 Å². The van der Waals surface area contributed by atoms with Gasteiger partial charge in [0.1, 0.15) is 36.6 Å². The Hall–Kier alpha value is -0.960. The summed E-state index contributed by atoms with van der Waals surface area (Å²) in [6, 6.07) is -1.16. The maximum absolute atomic E-state index is 13.0. The first-order valence-corrected chi connectivity index (χ1v) is 25.7. The Balaban J connectivity index is 2.50. The zero-order chi connectivity index (χ0) is 44.4. The Bertz CT molecular complexity index is 1090. The summed E-state index contributed by atoms with van der Waals surface area (Å²) < 4.78 is 22.9. The van der Waals surface area contributed by atoms with Gasteiger partial charge in [0.25, 0.3) is 0 Å². The molecule has 0 aliphatic heterocycles. The molecule has 1 aliphatic carbocycles. The number of rotatable bonds is 40. The van der Waals surface area contributed by atoms with Crippen LogP contribution in [0.5, 0.6) is 0 Å². The van der Waals surface area contributed by atoms with Crippen LogP contribution in [-0.2, 0) is 18.4 Å². The van der Waals surface area contributed by atoms with Gasteiger partial charge in [-0.15, -0.1) is 0 Å². The molecule has 1 fully saturated rings. The first kappa shape index (κ1) is 57.1. The predicted molar refractivity (Wildman–Crippen MR) is 238 cm³/mol. The summed E-state index contributed by atoms with van der Waals surface area (Å²) in [6.45, 7) is 3.77. The van der Waals surface area contributed by atoms with Crippen molar-refractivity contribution in [3.63, 3.8) is 0 Å². The molecule has 60 heavy (non-hydrogen) atoms. The highest BCUT2D eigenvalue weighted by Gasteiger charge is 2.51. The number of amides is 1. The largest absolute Gasteiger partial charge is 0.472 e. The number of nitrogens with one attached hydrogen (secondary N) is 1. The van der Waals surface area contributed by atoms with Gasteiger partial charge >= 0.3 is 7.82 Å². The lowest BCUT2D eigenvalue weighted by atomic mass is 9.85. The fraction of sp³-hybridized carbons (Fsp3) is 0.935. The van der Waals surface area contributed by atoms with Crippen molar-refractivity contribution < 1.29 is 59.0 Å². The summed E-state index contributed by atoms with van der Waals surface area (Å²) in [6.07, 6.45) is 24.1. The number of aliphatic hydroxyl groups excluding tert-OH is 7. The molecule has 1 saturated carbocycles. The summed E-state index contributed by atoms with van der Waals surface area (Å²) in [7, 11) is -5.12. The van der Waals surface area contributed by atoms with Crippen molar-refractivity contribution in [2.75, 3.05) is 6.61 Å². The lowest BCUT2D eigenvalue weighted by Crippen LogP contribution is -2.64. The van der Waals surface area contributed by atoms with Crippen molar-refractivity contribution in [3.05, 3.63) is 12.2 Å². The van der Waals surface area contributed by atoms with Crippen LogP contribution < -0.4 is 5.32 Å². The molecule has 0 aromatic carbocycles. The summed E-state index contributed by atoms with van der Waals surface area (Å²) in [5.41, 5.74) is 0. The Morgan fingerprint density at radius 1 is 0.567 bits per heavy atom. The highest BCUT2D eigenvalue weighted by molar-refractivity contribution is 7.47. The summed E-state index contributed by atoms with van der Waals surface area (Å²) in [5, 5.41) is 74.6. The van der Waals surface area contributed by atoms with Gasteiger partial charge in [0, 0.05) is 0 Å². The van der Waals surface area contributed by atoms with E-state index >= 15 is 0 Å². The van der Waals surface area contributed by atoms with Crippen molar-refractivity contribution in [2.45, 2.75) is 268 Å². The molecule has 356 valence electrons. The van der Waals surface area contributed by atoms with E-state index in [0.29, 0.717) is 19.3 Å². The van der Waals surface area contributed by atoms with E-state index in [1.54, 1.807) is 0 Å². The minimum Gasteiger partial charge on any atom is -0.393 e. The van der Waals surface area contributed by atoms with Crippen molar-refractivity contribution in [3.8, 4) is 0 Å². The van der Waals surface area contributed by atoms with Gasteiger partial charge in [-0.2, -0.15) is 0 Å². The minimum absolute atomic E-state index is 0.240. The zero-order valence-electron chi connectivity index (χ0n) is 37.6. The van der Waals surface area contributed by atoms with Crippen LogP contribution in [0, 0.1) is 0 Å². The quantitative estimate of drug-likeness (QED) is 0.0161. The molecule has 1 aliphatic rings. The number of carbonyl (C=O) groups excluding carboxylic acids is 1. The molecular weight excluding hydrogens is 789 g/mol. The molecule has 8 unspecified atom stereocenters. The first-order chi connectivity index (χ1) is 28.8. The van der Waals surface area contributed by atoms with Crippen LogP contribution in [0.3, 0.4) is 0 Å². The SMILES string of the molecule is CCCCCCCC/C=C\CCCC(O)CC(=O)NC(COP(=O)(O)OC1C(O)C(O)C(O)C(O)C1O)C(O)CCCCCCCCCCCCCCCCCCCCC. The average Bonchev–Trinajstić information content (AvgIpc) is 3.22. The second kappa shape index (κ2) is 36.4. The van der Waals surface area contributed by atoms with Crippen LogP contribution in [0.1, 0.15) is 213 Å². The predicted octanol–water partition coefficient (Wildman–Crippen LogP) is 8.20. The zero-order valence-corrected chi connectivity index (χ0v) is 38.5. The van der Waals surface area contributed by atoms with Crippen LogP contribution in [0.2, 0.25) is 0 Å². The van der Waals surface area contributed by atoms with Gasteiger partial charge in [-0.1, -0.05) is 180 Å². The molecule has 0 radical (unpaired) electrons. The molecule has 14 heteroatoms. The number of phosphoric acid groups is 1. The van der Waals surface area contributed by atoms with E-state index in [1.807, 2.05) is 0 Å². The van der Waals surface area contributed by atoms with E-state index in [4.69, 9.17) is 9.05 Å². The molecule has 0 saturated heterocycles. The van der Waals surface area contributed by atoms with Gasteiger partial charge in [-0.05, 0) is 38.5 Å². The van der Waals surface area contributed by atoms with Crippen molar-refractivity contribution in [2.24, 2.45) is 0 Å². The molecule has 0 aromatic heterocycles. The highest BCUT2D eigenvalue weighted by Crippen LogP contribution is 2.47. The third kappa shape index (κ3) is 28.0. The summed E-state index contributed by atoms with van der Waals surface area (Å²) in [4.78, 5) is 23.4. The topological polar surface area (TPSA) is 226 Å². The Morgan fingerprint density at radius 2 is 0.950 bits per heavy atom. The molecule has 1 rings (SSSR count). The van der Waals surface area contributed by atoms with Gasteiger partial charge in [0.15, 0.2) is 0 Å². The smallest absolute Gasteiger partial charge is 0.393 e. The van der Waals surface area contributed by atoms with Crippen molar-refractivity contribution in [1.29, 1.82) is 0 Å². The summed E-state index contributed by atoms with van der Waals surface area (Å²) in [5.74, 6) is -0.575. The number of hydrogen-bond donors (Lipinski definition) is 9. The van der Waals surface area contributed by atoms with Crippen LogP contribution in [-0.4, -0.2) is 108 Å². The standard InChI is InChI=1S/C46H90NO12P/c1-3-5-7-9-11-13-15-16-17-18-19-20-21-22-24-26-28-30-32-34-39(49)38(36-58-60(56,57)59-46-44(54)42(52)41(51)43(53)45(46)55)47-40(50)35-37(48)33-31-29-27-25-23-14-12-10-8-6-4-2/h25,27,37-39,41-46,48-49,51-55H,3-24,26,28-36H2,1-2H3,(H,47,50)(H,56,57)/b27-25-. The number of allylic oxidation sites excluding steroid dienone is 2. The summed E-state index contributed by atoms with van der Waals surface area (Å²) >= 11 is 0. The fourth-order valence-corrected chi connectivity index (χ4v) is 8.86. The fourth-order valence-electron chi connectivity index (χ4n) is 7.89. The highest BCUT2D eigenvalue weighted by atomic mass is 31.2. The van der Waals surface area contributed by atoms with E-state index in [1.165, 1.54) is 122 Å². The molecule has 9 N–H and O–H groups in total. The second-order valence-electron chi connectivity index (χ2n) is 17.5. The van der Waals surface area contributed by atoms with Crippen LogP contribution in [0.15, 0.2) is 12.2 Å². The van der Waals surface area contributed by atoms with E-state index in [-0.39, 0.29) is 12.8 Å². The minimum atomic E-state index is -5.12. The Morgan fingerprint density at radius 3 is 1.40 bits per heavy atom. The van der Waals surface area contributed by atoms with Crippen LogP contribution >= 0.6 is 7.82 Å². The van der Waals surface area contributed by atoms with E-state index in [2.05, 4.69) is 31.3 Å². The van der Waals surface area contributed by atoms with E-state index in [0.717, 1.165) is 44.9 Å². The molecule has 0 aromatic rings. The monoisotopic (exact) mass is 880 g/mol. The Labute approximate surface area is 363 Å². The lowest BCUT2D eigenvalue weighted by Gasteiger charge is -2.41. The lowest BCUT2D eigenvalue weighted by molar-refractivity contribution is -0.220. The normalized spacial score (nSPS) is 23.4. The second-order valence-corrected chi connectivity index (χ2v) is 18.9. The molecule has 0 heterocycles. The first-order valence-electron chi connectivity index (χ1n) is 24.2. The number of carbonyl (C=O) groups is 1.